The molecular formula is C14H15ClS2. The van der Waals surface area contributed by atoms with Gasteiger partial charge in [0, 0.05) is 9.92 Å². The van der Waals surface area contributed by atoms with Crippen LogP contribution in [0.5, 0.6) is 0 Å². The van der Waals surface area contributed by atoms with Crippen molar-refractivity contribution in [3.05, 3.63) is 65.2 Å². The van der Waals surface area contributed by atoms with Gasteiger partial charge < -0.3 is 0 Å². The highest BCUT2D eigenvalue weighted by molar-refractivity contribution is 7.80. The Morgan fingerprint density at radius 2 is 1.47 bits per heavy atom. The average molecular weight is 283 g/mol. The molecule has 0 heterocycles. The van der Waals surface area contributed by atoms with Crippen molar-refractivity contribution in [2.24, 2.45) is 0 Å². The van der Waals surface area contributed by atoms with Gasteiger partial charge in [-0.15, -0.1) is 12.6 Å². The van der Waals surface area contributed by atoms with Crippen molar-refractivity contribution in [2.45, 2.75) is 11.3 Å². The van der Waals surface area contributed by atoms with Crippen molar-refractivity contribution >= 4 is 36.9 Å². The summed E-state index contributed by atoms with van der Waals surface area (Å²) in [5.41, 5.74) is 1.18. The number of halogens is 1. The highest BCUT2D eigenvalue weighted by Gasteiger charge is 1.94. The van der Waals surface area contributed by atoms with Crippen LogP contribution in [-0.4, -0.2) is 5.75 Å². The fourth-order valence-corrected chi connectivity index (χ4v) is 1.89. The van der Waals surface area contributed by atoms with Gasteiger partial charge in [-0.25, -0.2) is 0 Å². The Labute approximate surface area is 119 Å². The largest absolute Gasteiger partial charge is 0.179 e. The predicted molar refractivity (Wildman–Crippen MR) is 82.7 cm³/mol. The number of benzene rings is 2. The Bertz CT molecular complexity index is 429. The lowest BCUT2D eigenvalue weighted by Crippen LogP contribution is -1.85. The van der Waals surface area contributed by atoms with Crippen LogP contribution in [0.15, 0.2) is 59.5 Å². The van der Waals surface area contributed by atoms with E-state index >= 15 is 0 Å². The molecule has 3 heteroatoms. The molecule has 2 rings (SSSR count). The molecule has 0 aliphatic rings. The van der Waals surface area contributed by atoms with Gasteiger partial charge in [-0.05, 0) is 35.9 Å². The van der Waals surface area contributed by atoms with Gasteiger partial charge in [-0.3, -0.25) is 0 Å². The summed E-state index contributed by atoms with van der Waals surface area (Å²) >= 11 is 14.1. The van der Waals surface area contributed by atoms with Crippen molar-refractivity contribution in [1.82, 2.24) is 0 Å². The summed E-state index contributed by atoms with van der Waals surface area (Å²) in [6.45, 7) is 0. The zero-order valence-electron chi connectivity index (χ0n) is 9.38. The van der Waals surface area contributed by atoms with E-state index in [1.54, 1.807) is 0 Å². The second-order valence-corrected chi connectivity index (χ2v) is 4.77. The van der Waals surface area contributed by atoms with Crippen LogP contribution >= 0.6 is 36.9 Å². The number of rotatable bonds is 2. The van der Waals surface area contributed by atoms with Gasteiger partial charge in [0.15, 0.2) is 0 Å². The van der Waals surface area contributed by atoms with Gasteiger partial charge >= 0.3 is 0 Å². The molecule has 0 saturated carbocycles. The first kappa shape index (κ1) is 14.5. The molecule has 0 aliphatic heterocycles. The van der Waals surface area contributed by atoms with Crippen LogP contribution < -0.4 is 0 Å². The molecule has 0 atom stereocenters. The lowest BCUT2D eigenvalue weighted by atomic mass is 10.2. The number of aryl methyl sites for hydroxylation is 1. The van der Waals surface area contributed by atoms with E-state index in [1.807, 2.05) is 54.6 Å². The first-order valence-corrected chi connectivity index (χ1v) is 6.78. The Morgan fingerprint density at radius 3 is 1.94 bits per heavy atom. The van der Waals surface area contributed by atoms with Crippen LogP contribution in [0, 0.1) is 0 Å². The molecule has 0 nitrogen and oxygen atoms in total. The van der Waals surface area contributed by atoms with Crippen LogP contribution in [0.1, 0.15) is 5.56 Å². The molecule has 2 aromatic rings. The second kappa shape index (κ2) is 8.51. The van der Waals surface area contributed by atoms with E-state index in [0.29, 0.717) is 0 Å². The molecule has 0 aromatic heterocycles. The normalized spacial score (nSPS) is 9.35. The maximum atomic E-state index is 5.87. The molecule has 0 amide bonds. The third-order valence-electron chi connectivity index (χ3n) is 2.10. The van der Waals surface area contributed by atoms with E-state index in [0.717, 1.165) is 22.1 Å². The zero-order valence-corrected chi connectivity index (χ0v) is 11.9. The standard InChI is InChI=1S/C8H9ClS.C6H6S/c9-8-4-2-1-3-7(8)5-6-10;7-6-4-2-1-3-5-6/h1-4,10H,5-6H2;1-5,7H. The SMILES string of the molecule is SCCc1ccccc1Cl.Sc1ccccc1. The number of hydrogen-bond donors (Lipinski definition) is 2. The maximum Gasteiger partial charge on any atom is 0.0438 e. The van der Waals surface area contributed by atoms with E-state index in [-0.39, 0.29) is 0 Å². The van der Waals surface area contributed by atoms with Crippen molar-refractivity contribution in [1.29, 1.82) is 0 Å². The van der Waals surface area contributed by atoms with Gasteiger partial charge in [-0.2, -0.15) is 12.6 Å². The Hall–Kier alpha value is -0.570. The minimum atomic E-state index is 0.844. The molecule has 0 saturated heterocycles. The Kier molecular flexibility index (Phi) is 7.25. The van der Waals surface area contributed by atoms with E-state index in [9.17, 15) is 0 Å². The first-order valence-electron chi connectivity index (χ1n) is 5.32. The molecule has 17 heavy (non-hydrogen) atoms. The number of hydrogen-bond acceptors (Lipinski definition) is 2. The lowest BCUT2D eigenvalue weighted by Gasteiger charge is -1.98. The summed E-state index contributed by atoms with van der Waals surface area (Å²) < 4.78 is 0. The van der Waals surface area contributed by atoms with Crippen molar-refractivity contribution in [3.8, 4) is 0 Å². The molecule has 90 valence electrons. The molecule has 0 radical (unpaired) electrons. The third-order valence-corrected chi connectivity index (χ3v) is 2.99. The van der Waals surface area contributed by atoms with Gasteiger partial charge in [0.05, 0.1) is 0 Å². The van der Waals surface area contributed by atoms with Crippen LogP contribution in [0.4, 0.5) is 0 Å². The van der Waals surface area contributed by atoms with Gasteiger partial charge in [0.1, 0.15) is 0 Å². The van der Waals surface area contributed by atoms with Gasteiger partial charge in [0.25, 0.3) is 0 Å². The van der Waals surface area contributed by atoms with E-state index in [1.165, 1.54) is 5.56 Å². The monoisotopic (exact) mass is 282 g/mol. The fraction of sp³-hybridized carbons (Fsp3) is 0.143. The number of thiol groups is 2. The highest BCUT2D eigenvalue weighted by Crippen LogP contribution is 2.15. The molecule has 0 bridgehead atoms. The topological polar surface area (TPSA) is 0 Å². The summed E-state index contributed by atoms with van der Waals surface area (Å²) in [5, 5.41) is 0.844. The van der Waals surface area contributed by atoms with Crippen LogP contribution in [0.25, 0.3) is 0 Å². The molecule has 0 unspecified atom stereocenters. The molecule has 0 spiro atoms. The molecule has 0 aliphatic carbocycles. The summed E-state index contributed by atoms with van der Waals surface area (Å²) in [4.78, 5) is 1.02. The molecule has 0 fully saturated rings. The summed E-state index contributed by atoms with van der Waals surface area (Å²) in [6, 6.07) is 17.6. The summed E-state index contributed by atoms with van der Waals surface area (Å²) in [7, 11) is 0. The van der Waals surface area contributed by atoms with E-state index in [2.05, 4.69) is 25.3 Å². The average Bonchev–Trinajstić information content (AvgIpc) is 2.34. The summed E-state index contributed by atoms with van der Waals surface area (Å²) in [5.74, 6) is 0.851. The van der Waals surface area contributed by atoms with Crippen molar-refractivity contribution < 1.29 is 0 Å². The van der Waals surface area contributed by atoms with Gasteiger partial charge in [0.2, 0.25) is 0 Å². The Balaban J connectivity index is 0.000000181. The molecule has 2 aromatic carbocycles. The summed E-state index contributed by atoms with van der Waals surface area (Å²) in [6.07, 6.45) is 0.947. The van der Waals surface area contributed by atoms with Crippen LogP contribution in [-0.2, 0) is 6.42 Å². The predicted octanol–water partition coefficient (Wildman–Crippen LogP) is 4.79. The molecule has 0 N–H and O–H groups in total. The zero-order chi connectivity index (χ0) is 12.5. The lowest BCUT2D eigenvalue weighted by molar-refractivity contribution is 1.16. The van der Waals surface area contributed by atoms with Crippen molar-refractivity contribution in [2.75, 3.05) is 5.75 Å². The Morgan fingerprint density at radius 1 is 0.882 bits per heavy atom. The van der Waals surface area contributed by atoms with E-state index in [4.69, 9.17) is 11.6 Å². The quantitative estimate of drug-likeness (QED) is 0.727. The van der Waals surface area contributed by atoms with Crippen molar-refractivity contribution in [3.63, 3.8) is 0 Å². The third kappa shape index (κ3) is 6.06. The minimum absolute atomic E-state index is 0.844. The molecular weight excluding hydrogens is 268 g/mol. The fourth-order valence-electron chi connectivity index (χ4n) is 1.25. The van der Waals surface area contributed by atoms with Crippen LogP contribution in [0.3, 0.4) is 0 Å². The van der Waals surface area contributed by atoms with Gasteiger partial charge in [-0.1, -0.05) is 48.0 Å². The highest BCUT2D eigenvalue weighted by atomic mass is 35.5. The maximum absolute atomic E-state index is 5.87. The minimum Gasteiger partial charge on any atom is -0.179 e. The second-order valence-electron chi connectivity index (χ2n) is 3.40. The van der Waals surface area contributed by atoms with Crippen LogP contribution in [0.2, 0.25) is 5.02 Å². The van der Waals surface area contributed by atoms with E-state index < -0.39 is 0 Å². The smallest absolute Gasteiger partial charge is 0.0438 e. The first-order chi connectivity index (χ1) is 8.24.